The van der Waals surface area contributed by atoms with E-state index in [0.29, 0.717) is 12.8 Å². The van der Waals surface area contributed by atoms with Crippen LogP contribution in [0.5, 0.6) is 0 Å². The van der Waals surface area contributed by atoms with E-state index in [-0.39, 0.29) is 29.1 Å². The minimum Gasteiger partial charge on any atom is -0.390 e. The Bertz CT molecular complexity index is 896. The van der Waals surface area contributed by atoms with Gasteiger partial charge in [-0.2, -0.15) is 4.98 Å². The van der Waals surface area contributed by atoms with E-state index in [2.05, 4.69) is 16.5 Å². The lowest BCUT2D eigenvalue weighted by molar-refractivity contribution is -0.0649. The van der Waals surface area contributed by atoms with Crippen molar-refractivity contribution < 1.29 is 9.84 Å². The lowest BCUT2D eigenvalue weighted by Gasteiger charge is -2.19. The number of aliphatic hydroxyl groups excluding tert-OH is 1. The van der Waals surface area contributed by atoms with Crippen molar-refractivity contribution in [1.82, 2.24) is 19.1 Å². The Morgan fingerprint density at radius 2 is 2.29 bits per heavy atom. The quantitative estimate of drug-likeness (QED) is 0.735. The summed E-state index contributed by atoms with van der Waals surface area (Å²) in [7, 11) is 0. The smallest absolute Gasteiger partial charge is 0.336 e. The van der Waals surface area contributed by atoms with E-state index in [1.54, 1.807) is 0 Å². The average Bonchev–Trinajstić information content (AvgIpc) is 3.03. The van der Waals surface area contributed by atoms with Gasteiger partial charge in [-0.3, -0.25) is 14.3 Å². The molecule has 3 rings (SSSR count). The second kappa shape index (κ2) is 5.91. The van der Waals surface area contributed by atoms with Crippen molar-refractivity contribution in [2.45, 2.75) is 45.1 Å². The van der Waals surface area contributed by atoms with E-state index < -0.39 is 23.6 Å². The molecule has 4 atom stereocenters. The second-order valence-corrected chi connectivity index (χ2v) is 6.08. The first-order valence-corrected chi connectivity index (χ1v) is 7.87. The van der Waals surface area contributed by atoms with Gasteiger partial charge >= 0.3 is 5.69 Å². The molecule has 9 nitrogen and oxygen atoms in total. The number of hydrogen-bond donors (Lipinski definition) is 3. The predicted octanol–water partition coefficient (Wildman–Crippen LogP) is 0.263. The minimum absolute atomic E-state index is 0.0416. The molecule has 4 N–H and O–H groups in total. The van der Waals surface area contributed by atoms with Crippen molar-refractivity contribution in [2.24, 2.45) is 5.92 Å². The summed E-state index contributed by atoms with van der Waals surface area (Å²) in [5, 5.41) is 10.0. The summed E-state index contributed by atoms with van der Waals surface area (Å²) in [4.78, 5) is 31.4. The Hall–Kier alpha value is -2.39. The first-order valence-electron chi connectivity index (χ1n) is 7.87. The molecule has 0 amide bonds. The zero-order valence-corrected chi connectivity index (χ0v) is 13.6. The van der Waals surface area contributed by atoms with E-state index in [1.165, 1.54) is 10.8 Å². The predicted molar refractivity (Wildman–Crippen MR) is 89.4 cm³/mol. The number of anilines is 1. The molecule has 0 bridgehead atoms. The Morgan fingerprint density at radius 3 is 2.92 bits per heavy atom. The molecule has 0 unspecified atom stereocenters. The standard InChI is InChI=1S/C15H21N5O4/c1-4-8(21)9-6-7(3)13(24-9)20-11-10(19(5-2)15(20)23)12(22)18-14(16)17-11/h5,7-9,13,21H,2,4,6H2,1,3H3,(H3,16,17,18,22)/t7-,8+,9+,13-/m1/s1. The van der Waals surface area contributed by atoms with Gasteiger partial charge in [0.25, 0.3) is 5.56 Å². The van der Waals surface area contributed by atoms with Crippen molar-refractivity contribution in [2.75, 3.05) is 5.73 Å². The van der Waals surface area contributed by atoms with Crippen molar-refractivity contribution in [3.8, 4) is 0 Å². The number of aromatic amines is 1. The van der Waals surface area contributed by atoms with Crippen molar-refractivity contribution in [3.63, 3.8) is 0 Å². The van der Waals surface area contributed by atoms with Crippen LogP contribution < -0.4 is 17.0 Å². The molecular weight excluding hydrogens is 314 g/mol. The summed E-state index contributed by atoms with van der Waals surface area (Å²) in [6, 6.07) is 0. The molecule has 130 valence electrons. The van der Waals surface area contributed by atoms with E-state index in [0.717, 1.165) is 4.57 Å². The maximum Gasteiger partial charge on any atom is 0.336 e. The lowest BCUT2D eigenvalue weighted by Crippen LogP contribution is -2.30. The van der Waals surface area contributed by atoms with E-state index in [1.807, 2.05) is 13.8 Å². The normalized spacial score (nSPS) is 25.2. The molecular formula is C15H21N5O4. The van der Waals surface area contributed by atoms with Gasteiger partial charge in [-0.05, 0) is 12.8 Å². The molecule has 3 heterocycles. The number of ether oxygens (including phenoxy) is 1. The van der Waals surface area contributed by atoms with Crippen LogP contribution in [-0.2, 0) is 4.74 Å². The monoisotopic (exact) mass is 335 g/mol. The van der Waals surface area contributed by atoms with Gasteiger partial charge in [-0.25, -0.2) is 9.36 Å². The molecule has 2 aromatic rings. The minimum atomic E-state index is -0.638. The molecule has 0 aliphatic carbocycles. The fraction of sp³-hybridized carbons (Fsp3) is 0.533. The van der Waals surface area contributed by atoms with Gasteiger partial charge < -0.3 is 15.6 Å². The number of nitrogen functional groups attached to an aromatic ring is 1. The zero-order valence-electron chi connectivity index (χ0n) is 13.6. The average molecular weight is 335 g/mol. The van der Waals surface area contributed by atoms with Crippen LogP contribution in [0.1, 0.15) is 32.9 Å². The summed E-state index contributed by atoms with van der Waals surface area (Å²) in [5.74, 6) is -0.127. The molecule has 2 aromatic heterocycles. The highest BCUT2D eigenvalue weighted by atomic mass is 16.5. The van der Waals surface area contributed by atoms with Gasteiger partial charge in [0.15, 0.2) is 11.2 Å². The zero-order chi connectivity index (χ0) is 17.6. The van der Waals surface area contributed by atoms with Gasteiger partial charge in [0.1, 0.15) is 6.23 Å². The topological polar surface area (TPSA) is 128 Å². The Morgan fingerprint density at radius 1 is 1.58 bits per heavy atom. The van der Waals surface area contributed by atoms with Gasteiger partial charge in [-0.15, -0.1) is 0 Å². The number of hydrogen-bond acceptors (Lipinski definition) is 6. The third-order valence-corrected chi connectivity index (χ3v) is 4.47. The van der Waals surface area contributed by atoms with Crippen molar-refractivity contribution >= 4 is 23.3 Å². The third-order valence-electron chi connectivity index (χ3n) is 4.47. The van der Waals surface area contributed by atoms with Crippen molar-refractivity contribution in [1.29, 1.82) is 0 Å². The summed E-state index contributed by atoms with van der Waals surface area (Å²) in [6.07, 6.45) is 0.794. The molecule has 24 heavy (non-hydrogen) atoms. The maximum absolute atomic E-state index is 12.7. The highest BCUT2D eigenvalue weighted by Crippen LogP contribution is 2.36. The molecule has 1 saturated heterocycles. The molecule has 1 aliphatic heterocycles. The van der Waals surface area contributed by atoms with Gasteiger partial charge in [0.05, 0.1) is 12.2 Å². The van der Waals surface area contributed by atoms with Crippen LogP contribution in [0, 0.1) is 5.92 Å². The van der Waals surface area contributed by atoms with E-state index >= 15 is 0 Å². The van der Waals surface area contributed by atoms with Crippen LogP contribution in [0.3, 0.4) is 0 Å². The van der Waals surface area contributed by atoms with Crippen LogP contribution >= 0.6 is 0 Å². The maximum atomic E-state index is 12.7. The van der Waals surface area contributed by atoms with Crippen LogP contribution in [0.25, 0.3) is 17.4 Å². The molecule has 0 aromatic carbocycles. The number of aromatic nitrogens is 4. The van der Waals surface area contributed by atoms with Gasteiger partial charge in [0.2, 0.25) is 5.95 Å². The highest BCUT2D eigenvalue weighted by Gasteiger charge is 2.39. The number of nitrogens with one attached hydrogen (secondary N) is 1. The molecule has 0 radical (unpaired) electrons. The van der Waals surface area contributed by atoms with Gasteiger partial charge in [-0.1, -0.05) is 20.4 Å². The first kappa shape index (κ1) is 16.5. The number of aliphatic hydroxyl groups is 1. The fourth-order valence-electron chi connectivity index (χ4n) is 3.24. The lowest BCUT2D eigenvalue weighted by atomic mass is 10.0. The summed E-state index contributed by atoms with van der Waals surface area (Å²) in [5.41, 5.74) is 4.84. The van der Waals surface area contributed by atoms with Gasteiger partial charge in [0, 0.05) is 12.1 Å². The highest BCUT2D eigenvalue weighted by molar-refractivity contribution is 5.74. The van der Waals surface area contributed by atoms with Crippen LogP contribution in [0.4, 0.5) is 5.95 Å². The third kappa shape index (κ3) is 2.36. The Balaban J connectivity index is 2.20. The van der Waals surface area contributed by atoms with Crippen LogP contribution in [0.2, 0.25) is 0 Å². The van der Waals surface area contributed by atoms with E-state index in [4.69, 9.17) is 10.5 Å². The molecule has 0 spiro atoms. The molecule has 0 saturated carbocycles. The number of H-pyrrole nitrogens is 1. The largest absolute Gasteiger partial charge is 0.390 e. The number of fused-ring (bicyclic) bond motifs is 1. The SMILES string of the molecule is C=Cn1c(=O)n([C@@H]2O[C@H]([C@@H](O)CC)C[C@H]2C)c2nc(N)[nH]c(=O)c21. The summed E-state index contributed by atoms with van der Waals surface area (Å²) in [6.45, 7) is 7.37. The van der Waals surface area contributed by atoms with Crippen molar-refractivity contribution in [3.05, 3.63) is 27.4 Å². The number of nitrogens with two attached hydrogens (primary N) is 1. The summed E-state index contributed by atoms with van der Waals surface area (Å²) < 4.78 is 8.35. The molecule has 1 aliphatic rings. The van der Waals surface area contributed by atoms with Crippen LogP contribution in [-0.4, -0.2) is 36.4 Å². The number of rotatable bonds is 4. The van der Waals surface area contributed by atoms with Crippen LogP contribution in [0.15, 0.2) is 16.2 Å². The first-order chi connectivity index (χ1) is 11.4. The Kier molecular flexibility index (Phi) is 4.06. The Labute approximate surface area is 137 Å². The number of nitrogens with zero attached hydrogens (tertiary/aromatic N) is 3. The van der Waals surface area contributed by atoms with E-state index in [9.17, 15) is 14.7 Å². The second-order valence-electron chi connectivity index (χ2n) is 6.08. The molecule has 1 fully saturated rings. The fourth-order valence-corrected chi connectivity index (χ4v) is 3.24. The summed E-state index contributed by atoms with van der Waals surface area (Å²) >= 11 is 0. The molecule has 9 heteroatoms. The number of imidazole rings is 1.